The molecular formula is C23H27N3O8S. The number of Topliss-reactive ketones (excluding diaryl/α,β-unsaturated/α-hetero) is 1. The molecule has 35 heavy (non-hydrogen) atoms. The molecule has 11 nitrogen and oxygen atoms in total. The Labute approximate surface area is 204 Å². The summed E-state index contributed by atoms with van der Waals surface area (Å²) in [5.74, 6) is -2.22. The van der Waals surface area contributed by atoms with E-state index in [0.717, 1.165) is 0 Å². The number of fused-ring (bicyclic) bond motifs is 2. The zero-order valence-electron chi connectivity index (χ0n) is 20.0. The third kappa shape index (κ3) is 3.71. The maximum atomic E-state index is 13.0. The number of carbonyl (C=O) groups is 4. The third-order valence-corrected chi connectivity index (χ3v) is 7.86. The van der Waals surface area contributed by atoms with Gasteiger partial charge in [-0.15, -0.1) is 11.3 Å². The van der Waals surface area contributed by atoms with Crippen molar-refractivity contribution in [1.29, 1.82) is 0 Å². The van der Waals surface area contributed by atoms with E-state index in [1.807, 2.05) is 0 Å². The van der Waals surface area contributed by atoms with E-state index in [2.05, 4.69) is 4.98 Å². The maximum Gasteiger partial charge on any atom is 0.508 e. The number of β-lactam (4-membered cyclic amide) rings is 1. The number of carboxylic acid groups (broad SMARTS) is 1. The molecule has 0 bridgehead atoms. The quantitative estimate of drug-likeness (QED) is 0.314. The summed E-state index contributed by atoms with van der Waals surface area (Å²) in [7, 11) is 0. The van der Waals surface area contributed by atoms with Gasteiger partial charge in [-0.2, -0.15) is 0 Å². The molecule has 0 aliphatic carbocycles. The first kappa shape index (κ1) is 24.9. The number of imidazole rings is 1. The van der Waals surface area contributed by atoms with Crippen LogP contribution >= 0.6 is 11.3 Å². The van der Waals surface area contributed by atoms with Gasteiger partial charge in [-0.1, -0.05) is 6.92 Å². The molecule has 1 fully saturated rings. The van der Waals surface area contributed by atoms with E-state index in [0.29, 0.717) is 21.1 Å². The minimum atomic E-state index is -1.28. The van der Waals surface area contributed by atoms with Crippen LogP contribution in [0.5, 0.6) is 0 Å². The van der Waals surface area contributed by atoms with Crippen LogP contribution in [0.3, 0.4) is 0 Å². The normalized spacial score (nSPS) is 24.4. The first-order valence-corrected chi connectivity index (χ1v) is 12.0. The molecule has 0 aromatic carbocycles. The second-order valence-electron chi connectivity index (χ2n) is 8.98. The number of aryl methyl sites for hydroxylation is 1. The Balaban J connectivity index is 1.86. The summed E-state index contributed by atoms with van der Waals surface area (Å²) in [5, 5.41) is 20.5. The number of aliphatic hydroxyl groups is 1. The number of aliphatic hydroxyl groups excluding tert-OH is 1. The second-order valence-corrected chi connectivity index (χ2v) is 10.0. The minimum absolute atomic E-state index is 0.0830. The fourth-order valence-electron chi connectivity index (χ4n) is 5.20. The molecule has 2 aromatic heterocycles. The molecule has 2 aromatic rings. The fourth-order valence-corrected chi connectivity index (χ4v) is 6.57. The highest BCUT2D eigenvalue weighted by Crippen LogP contribution is 2.60. The Morgan fingerprint density at radius 2 is 2.00 bits per heavy atom. The Bertz CT molecular complexity index is 1280. The van der Waals surface area contributed by atoms with Crippen molar-refractivity contribution in [2.24, 2.45) is 11.3 Å². The third-order valence-electron chi connectivity index (χ3n) is 6.74. The Morgan fingerprint density at radius 1 is 1.31 bits per heavy atom. The first-order valence-electron chi connectivity index (χ1n) is 11.2. The lowest BCUT2D eigenvalue weighted by Gasteiger charge is -2.50. The molecule has 1 amide bonds. The van der Waals surface area contributed by atoms with Gasteiger partial charge in [-0.05, 0) is 27.2 Å². The smallest absolute Gasteiger partial charge is 0.477 e. The Hall–Kier alpha value is -3.25. The van der Waals surface area contributed by atoms with Crippen molar-refractivity contribution >= 4 is 45.6 Å². The van der Waals surface area contributed by atoms with E-state index in [-0.39, 0.29) is 36.8 Å². The number of aromatic nitrogens is 2. The van der Waals surface area contributed by atoms with Crippen LogP contribution in [0.2, 0.25) is 0 Å². The number of rotatable bonds is 8. The molecule has 4 atom stereocenters. The fraction of sp³-hybridized carbons (Fsp3) is 0.522. The van der Waals surface area contributed by atoms with Crippen LogP contribution in [0.15, 0.2) is 11.9 Å². The number of thiazole rings is 1. The molecule has 2 aliphatic heterocycles. The van der Waals surface area contributed by atoms with Crippen molar-refractivity contribution in [3.8, 4) is 0 Å². The van der Waals surface area contributed by atoms with E-state index in [4.69, 9.17) is 9.47 Å². The monoisotopic (exact) mass is 505 g/mol. The molecule has 1 saturated heterocycles. The standard InChI is InChI=1S/C23H27N3O8S/c1-6-33-22(32)34-8-7-23(5)15(13-9-25-12(4)24-16(11(3)28)20(25)35-13)17(21(30)31)26-18(23)14(10(2)27)19(26)29/h9-10,14,18,27H,6-8H2,1-5H3,(H,30,31)/t10-,14-,18-,23+/m1/s1. The predicted molar refractivity (Wildman–Crippen MR) is 124 cm³/mol. The summed E-state index contributed by atoms with van der Waals surface area (Å²) in [6.45, 7) is 8.16. The number of carboxylic acids is 1. The van der Waals surface area contributed by atoms with Crippen LogP contribution in [-0.2, 0) is 19.1 Å². The number of hydrogen-bond acceptors (Lipinski definition) is 9. The van der Waals surface area contributed by atoms with Gasteiger partial charge >= 0.3 is 12.1 Å². The number of ether oxygens (including phenoxy) is 2. The van der Waals surface area contributed by atoms with Crippen molar-refractivity contribution in [1.82, 2.24) is 14.3 Å². The molecule has 0 spiro atoms. The van der Waals surface area contributed by atoms with Gasteiger partial charge < -0.3 is 24.6 Å². The Morgan fingerprint density at radius 3 is 2.57 bits per heavy atom. The number of ketones is 1. The molecule has 4 rings (SSSR count). The van der Waals surface area contributed by atoms with Crippen molar-refractivity contribution in [2.45, 2.75) is 53.2 Å². The SMILES string of the molecule is CCOC(=O)OCC[C@@]1(C)C(c2cn3c(C)nc(C(C)=O)c3s2)=C(C(=O)O)N2C(=O)[C@H]([C@@H](C)O)[C@@H]21. The summed E-state index contributed by atoms with van der Waals surface area (Å²) < 4.78 is 11.7. The van der Waals surface area contributed by atoms with Gasteiger partial charge in [0, 0.05) is 24.1 Å². The van der Waals surface area contributed by atoms with Gasteiger partial charge in [-0.3, -0.25) is 14.0 Å². The van der Waals surface area contributed by atoms with E-state index < -0.39 is 41.5 Å². The highest BCUT2D eigenvalue weighted by molar-refractivity contribution is 7.18. The van der Waals surface area contributed by atoms with E-state index in [1.165, 1.54) is 30.1 Å². The van der Waals surface area contributed by atoms with Crippen molar-refractivity contribution in [3.63, 3.8) is 0 Å². The highest BCUT2D eigenvalue weighted by Gasteiger charge is 2.66. The molecular weight excluding hydrogens is 478 g/mol. The van der Waals surface area contributed by atoms with E-state index in [9.17, 15) is 29.4 Å². The van der Waals surface area contributed by atoms with Gasteiger partial charge in [0.2, 0.25) is 5.91 Å². The van der Waals surface area contributed by atoms with Gasteiger partial charge in [0.1, 0.15) is 22.0 Å². The largest absolute Gasteiger partial charge is 0.508 e. The molecule has 12 heteroatoms. The number of aliphatic carboxylic acids is 1. The molecule has 0 radical (unpaired) electrons. The van der Waals surface area contributed by atoms with Crippen LogP contribution in [0.25, 0.3) is 10.4 Å². The second kappa shape index (κ2) is 8.76. The lowest BCUT2D eigenvalue weighted by atomic mass is 9.66. The predicted octanol–water partition coefficient (Wildman–Crippen LogP) is 2.49. The maximum absolute atomic E-state index is 13.0. The van der Waals surface area contributed by atoms with Crippen molar-refractivity contribution in [3.05, 3.63) is 28.3 Å². The average molecular weight is 506 g/mol. The Kier molecular flexibility index (Phi) is 6.22. The topological polar surface area (TPSA) is 148 Å². The molecule has 188 valence electrons. The van der Waals surface area contributed by atoms with Crippen LogP contribution in [0.1, 0.15) is 55.3 Å². The summed E-state index contributed by atoms with van der Waals surface area (Å²) in [4.78, 5) is 55.9. The van der Waals surface area contributed by atoms with Gasteiger partial charge in [0.05, 0.1) is 36.2 Å². The van der Waals surface area contributed by atoms with Crippen molar-refractivity contribution < 1.29 is 38.9 Å². The number of amides is 1. The number of nitrogens with zero attached hydrogens (tertiary/aromatic N) is 3. The summed E-state index contributed by atoms with van der Waals surface area (Å²) >= 11 is 1.21. The summed E-state index contributed by atoms with van der Waals surface area (Å²) in [5.41, 5.74) is -0.476. The summed E-state index contributed by atoms with van der Waals surface area (Å²) in [6.07, 6.45) is 0.0489. The van der Waals surface area contributed by atoms with Gasteiger partial charge in [0.15, 0.2) is 5.78 Å². The average Bonchev–Trinajstić information content (AvgIpc) is 3.37. The van der Waals surface area contributed by atoms with Crippen LogP contribution in [-0.4, -0.2) is 73.7 Å². The lowest BCUT2D eigenvalue weighted by Crippen LogP contribution is -2.66. The van der Waals surface area contributed by atoms with Crippen LogP contribution < -0.4 is 0 Å². The minimum Gasteiger partial charge on any atom is -0.477 e. The summed E-state index contributed by atoms with van der Waals surface area (Å²) in [6, 6.07) is -0.644. The highest BCUT2D eigenvalue weighted by atomic mass is 32.1. The number of hydrogen-bond donors (Lipinski definition) is 2. The van der Waals surface area contributed by atoms with Crippen molar-refractivity contribution in [2.75, 3.05) is 13.2 Å². The van der Waals surface area contributed by atoms with E-state index in [1.54, 1.807) is 31.4 Å². The zero-order chi connectivity index (χ0) is 25.8. The lowest BCUT2D eigenvalue weighted by molar-refractivity contribution is -0.167. The molecule has 2 aliphatic rings. The molecule has 2 N–H and O–H groups in total. The zero-order valence-corrected chi connectivity index (χ0v) is 20.8. The van der Waals surface area contributed by atoms with Crippen LogP contribution in [0, 0.1) is 18.3 Å². The first-order chi connectivity index (χ1) is 16.4. The van der Waals surface area contributed by atoms with Gasteiger partial charge in [-0.25, -0.2) is 14.6 Å². The molecule has 0 unspecified atom stereocenters. The van der Waals surface area contributed by atoms with Crippen LogP contribution in [0.4, 0.5) is 4.79 Å². The molecule has 0 saturated carbocycles. The van der Waals surface area contributed by atoms with E-state index >= 15 is 0 Å². The number of carbonyl (C=O) groups excluding carboxylic acids is 3. The molecule has 4 heterocycles. The van der Waals surface area contributed by atoms with Gasteiger partial charge in [0.25, 0.3) is 0 Å².